The van der Waals surface area contributed by atoms with Crippen LogP contribution in [0, 0.1) is 0 Å². The monoisotopic (exact) mass is 369 g/mol. The maximum atomic E-state index is 12.4. The lowest BCUT2D eigenvalue weighted by Crippen LogP contribution is -2.25. The van der Waals surface area contributed by atoms with Crippen molar-refractivity contribution in [3.05, 3.63) is 53.2 Å². The number of hydrogen-bond acceptors (Lipinski definition) is 4. The molecular formula is C22H31N3O2. The highest BCUT2D eigenvalue weighted by Crippen LogP contribution is 2.34. The van der Waals surface area contributed by atoms with Crippen molar-refractivity contribution < 1.29 is 9.53 Å². The number of anilines is 2. The second kappa shape index (κ2) is 10.1. The van der Waals surface area contributed by atoms with Gasteiger partial charge in [0.25, 0.3) is 5.91 Å². The summed E-state index contributed by atoms with van der Waals surface area (Å²) in [6.45, 7) is 9.95. The molecule has 0 aliphatic carbocycles. The van der Waals surface area contributed by atoms with E-state index in [2.05, 4.69) is 61.5 Å². The number of aromatic nitrogens is 1. The summed E-state index contributed by atoms with van der Waals surface area (Å²) in [6, 6.07) is 9.92. The number of nitrogens with zero attached hydrogens (tertiary/aromatic N) is 1. The number of rotatable bonds is 9. The summed E-state index contributed by atoms with van der Waals surface area (Å²) in [5, 5.41) is 6.37. The SMILES string of the molecule is COCCCNC(=O)c1ccnc(Nc2c(C(C)C)cccc2C(C)C)c1. The average Bonchev–Trinajstić information content (AvgIpc) is 2.65. The van der Waals surface area contributed by atoms with Gasteiger partial charge in [-0.1, -0.05) is 45.9 Å². The Morgan fingerprint density at radius 1 is 1.11 bits per heavy atom. The minimum atomic E-state index is -0.0993. The number of ether oxygens (including phenoxy) is 1. The first-order valence-electron chi connectivity index (χ1n) is 9.57. The summed E-state index contributed by atoms with van der Waals surface area (Å²) >= 11 is 0. The van der Waals surface area contributed by atoms with E-state index in [0.717, 1.165) is 12.1 Å². The molecule has 1 heterocycles. The Morgan fingerprint density at radius 3 is 2.37 bits per heavy atom. The van der Waals surface area contributed by atoms with Gasteiger partial charge < -0.3 is 15.4 Å². The molecule has 0 fully saturated rings. The van der Waals surface area contributed by atoms with Gasteiger partial charge in [0.2, 0.25) is 0 Å². The van der Waals surface area contributed by atoms with Gasteiger partial charge in [0, 0.05) is 37.7 Å². The van der Waals surface area contributed by atoms with Gasteiger partial charge in [0.05, 0.1) is 0 Å². The number of carbonyl (C=O) groups excluding carboxylic acids is 1. The van der Waals surface area contributed by atoms with Crippen LogP contribution in [0.2, 0.25) is 0 Å². The molecule has 0 atom stereocenters. The van der Waals surface area contributed by atoms with Crippen molar-refractivity contribution in [2.45, 2.75) is 46.0 Å². The second-order valence-corrected chi connectivity index (χ2v) is 7.28. The first-order chi connectivity index (χ1) is 12.9. The van der Waals surface area contributed by atoms with Crippen LogP contribution in [-0.4, -0.2) is 31.2 Å². The van der Waals surface area contributed by atoms with E-state index in [4.69, 9.17) is 4.74 Å². The lowest BCUT2D eigenvalue weighted by Gasteiger charge is -2.20. The van der Waals surface area contributed by atoms with Gasteiger partial charge >= 0.3 is 0 Å². The maximum absolute atomic E-state index is 12.4. The van der Waals surface area contributed by atoms with Crippen LogP contribution in [0.4, 0.5) is 11.5 Å². The Kier molecular flexibility index (Phi) is 7.80. The summed E-state index contributed by atoms with van der Waals surface area (Å²) < 4.78 is 5.00. The summed E-state index contributed by atoms with van der Waals surface area (Å²) in [6.07, 6.45) is 2.46. The van der Waals surface area contributed by atoms with Crippen molar-refractivity contribution in [1.29, 1.82) is 0 Å². The van der Waals surface area contributed by atoms with Crippen molar-refractivity contribution in [3.63, 3.8) is 0 Å². The molecule has 5 heteroatoms. The van der Waals surface area contributed by atoms with Crippen molar-refractivity contribution in [1.82, 2.24) is 10.3 Å². The van der Waals surface area contributed by atoms with Crippen LogP contribution >= 0.6 is 0 Å². The molecular weight excluding hydrogens is 338 g/mol. The minimum absolute atomic E-state index is 0.0993. The van der Waals surface area contributed by atoms with Crippen LogP contribution in [0.1, 0.15) is 67.4 Å². The van der Waals surface area contributed by atoms with E-state index in [1.54, 1.807) is 25.4 Å². The van der Waals surface area contributed by atoms with E-state index in [-0.39, 0.29) is 5.91 Å². The van der Waals surface area contributed by atoms with Gasteiger partial charge in [0.1, 0.15) is 5.82 Å². The Bertz CT molecular complexity index is 731. The molecule has 2 rings (SSSR count). The number of methoxy groups -OCH3 is 1. The molecule has 0 aliphatic heterocycles. The largest absolute Gasteiger partial charge is 0.385 e. The number of nitrogens with one attached hydrogen (secondary N) is 2. The maximum Gasteiger partial charge on any atom is 0.251 e. The molecule has 0 saturated carbocycles. The van der Waals surface area contributed by atoms with Gasteiger partial charge in [-0.15, -0.1) is 0 Å². The van der Waals surface area contributed by atoms with E-state index in [1.807, 2.05) is 0 Å². The molecule has 0 saturated heterocycles. The van der Waals surface area contributed by atoms with Crippen LogP contribution in [0.15, 0.2) is 36.5 Å². The molecule has 1 aromatic carbocycles. The van der Waals surface area contributed by atoms with Gasteiger partial charge in [0.15, 0.2) is 0 Å². The third-order valence-electron chi connectivity index (χ3n) is 4.46. The minimum Gasteiger partial charge on any atom is -0.385 e. The van der Waals surface area contributed by atoms with Gasteiger partial charge in [-0.2, -0.15) is 0 Å². The average molecular weight is 370 g/mol. The van der Waals surface area contributed by atoms with Crippen LogP contribution in [0.3, 0.4) is 0 Å². The van der Waals surface area contributed by atoms with Crippen molar-refractivity contribution in [2.75, 3.05) is 25.6 Å². The Labute approximate surface area is 162 Å². The van der Waals surface area contributed by atoms with E-state index in [9.17, 15) is 4.79 Å². The Hall–Kier alpha value is -2.40. The van der Waals surface area contributed by atoms with E-state index >= 15 is 0 Å². The van der Waals surface area contributed by atoms with E-state index < -0.39 is 0 Å². The summed E-state index contributed by atoms with van der Waals surface area (Å²) in [5.41, 5.74) is 4.18. The molecule has 1 aromatic heterocycles. The molecule has 0 unspecified atom stereocenters. The number of hydrogen-bond donors (Lipinski definition) is 2. The fourth-order valence-electron chi connectivity index (χ4n) is 2.98. The van der Waals surface area contributed by atoms with Crippen molar-refractivity contribution in [2.24, 2.45) is 0 Å². The zero-order valence-electron chi connectivity index (χ0n) is 17.0. The topological polar surface area (TPSA) is 63.2 Å². The van der Waals surface area contributed by atoms with Crippen LogP contribution in [0.5, 0.6) is 0 Å². The fourth-order valence-corrected chi connectivity index (χ4v) is 2.98. The van der Waals surface area contributed by atoms with Crippen molar-refractivity contribution in [3.8, 4) is 0 Å². The third-order valence-corrected chi connectivity index (χ3v) is 4.46. The second-order valence-electron chi connectivity index (χ2n) is 7.28. The molecule has 146 valence electrons. The molecule has 0 radical (unpaired) electrons. The number of amides is 1. The zero-order valence-corrected chi connectivity index (χ0v) is 17.0. The first kappa shape index (κ1) is 20.9. The summed E-state index contributed by atoms with van der Waals surface area (Å²) in [4.78, 5) is 16.8. The number of benzene rings is 1. The normalized spacial score (nSPS) is 11.1. The Balaban J connectivity index is 2.22. The highest BCUT2D eigenvalue weighted by atomic mass is 16.5. The molecule has 0 spiro atoms. The fraction of sp³-hybridized carbons (Fsp3) is 0.455. The lowest BCUT2D eigenvalue weighted by atomic mass is 9.92. The van der Waals surface area contributed by atoms with Gasteiger partial charge in [-0.25, -0.2) is 4.98 Å². The Morgan fingerprint density at radius 2 is 1.78 bits per heavy atom. The predicted octanol–water partition coefficient (Wildman–Crippen LogP) is 4.84. The zero-order chi connectivity index (χ0) is 19.8. The number of carbonyl (C=O) groups is 1. The smallest absolute Gasteiger partial charge is 0.251 e. The summed E-state index contributed by atoms with van der Waals surface area (Å²) in [7, 11) is 1.66. The molecule has 2 N–H and O–H groups in total. The van der Waals surface area contributed by atoms with E-state index in [1.165, 1.54) is 11.1 Å². The molecule has 1 amide bonds. The van der Waals surface area contributed by atoms with Crippen LogP contribution in [-0.2, 0) is 4.74 Å². The highest BCUT2D eigenvalue weighted by molar-refractivity contribution is 5.95. The quantitative estimate of drug-likeness (QED) is 0.621. The van der Waals surface area contributed by atoms with Crippen molar-refractivity contribution >= 4 is 17.4 Å². The molecule has 0 aliphatic rings. The highest BCUT2D eigenvalue weighted by Gasteiger charge is 2.15. The molecule has 2 aromatic rings. The molecule has 0 bridgehead atoms. The van der Waals surface area contributed by atoms with Crippen LogP contribution in [0.25, 0.3) is 0 Å². The lowest BCUT2D eigenvalue weighted by molar-refractivity contribution is 0.0948. The summed E-state index contributed by atoms with van der Waals surface area (Å²) in [5.74, 6) is 1.35. The molecule has 27 heavy (non-hydrogen) atoms. The number of para-hydroxylation sites is 1. The number of pyridine rings is 1. The predicted molar refractivity (Wildman–Crippen MR) is 111 cm³/mol. The first-order valence-corrected chi connectivity index (χ1v) is 9.57. The standard InChI is InChI=1S/C22H31N3O2/c1-15(2)18-8-6-9-19(16(3)4)21(18)25-20-14-17(10-12-23-20)22(26)24-11-7-13-27-5/h6,8-10,12,14-16H,7,11,13H2,1-5H3,(H,23,25)(H,24,26). The van der Waals surface area contributed by atoms with Gasteiger partial charge in [-0.3, -0.25) is 4.79 Å². The molecule has 5 nitrogen and oxygen atoms in total. The van der Waals surface area contributed by atoms with E-state index in [0.29, 0.717) is 36.4 Å². The third kappa shape index (κ3) is 5.79. The van der Waals surface area contributed by atoms with Gasteiger partial charge in [-0.05, 0) is 41.5 Å². The van der Waals surface area contributed by atoms with Crippen LogP contribution < -0.4 is 10.6 Å².